The first-order valence-electron chi connectivity index (χ1n) is 4.48. The second kappa shape index (κ2) is 3.56. The van der Waals surface area contributed by atoms with Crippen molar-refractivity contribution in [3.05, 3.63) is 34.5 Å². The minimum atomic E-state index is -0.495. The summed E-state index contributed by atoms with van der Waals surface area (Å²) < 4.78 is 6.50. The molecule has 0 saturated heterocycles. The Morgan fingerprint density at radius 3 is 3.07 bits per heavy atom. The number of hydrogen-bond acceptors (Lipinski definition) is 4. The Morgan fingerprint density at radius 1 is 1.60 bits per heavy atom. The van der Waals surface area contributed by atoms with Crippen LogP contribution in [0.5, 0.6) is 5.88 Å². The maximum absolute atomic E-state index is 10.8. The number of imidazole rings is 1. The number of nitro groups is 1. The number of pyridine rings is 1. The summed E-state index contributed by atoms with van der Waals surface area (Å²) in [5.41, 5.74) is 0.507. The fourth-order valence-corrected chi connectivity index (χ4v) is 1.36. The molecule has 0 bridgehead atoms. The molecule has 0 radical (unpaired) electrons. The van der Waals surface area contributed by atoms with Crippen molar-refractivity contribution in [1.82, 2.24) is 9.38 Å². The van der Waals surface area contributed by atoms with Crippen LogP contribution >= 0.6 is 0 Å². The molecule has 78 valence electrons. The predicted molar refractivity (Wildman–Crippen MR) is 53.0 cm³/mol. The van der Waals surface area contributed by atoms with Crippen LogP contribution in [0.2, 0.25) is 0 Å². The molecule has 0 aliphatic rings. The van der Waals surface area contributed by atoms with Crippen LogP contribution in [0, 0.1) is 10.1 Å². The summed E-state index contributed by atoms with van der Waals surface area (Å²) in [7, 11) is 0. The first-order chi connectivity index (χ1) is 7.24. The lowest BCUT2D eigenvalue weighted by Gasteiger charge is -1.97. The van der Waals surface area contributed by atoms with E-state index in [0.717, 1.165) is 0 Å². The topological polar surface area (TPSA) is 69.7 Å². The minimum absolute atomic E-state index is 0.0636. The Morgan fingerprint density at radius 2 is 2.40 bits per heavy atom. The third-order valence-corrected chi connectivity index (χ3v) is 1.93. The van der Waals surface area contributed by atoms with E-state index in [1.807, 2.05) is 0 Å². The Hall–Kier alpha value is -2.11. The smallest absolute Gasteiger partial charge is 0.392 e. The molecule has 0 aliphatic heterocycles. The zero-order valence-electron chi connectivity index (χ0n) is 8.08. The van der Waals surface area contributed by atoms with E-state index in [9.17, 15) is 10.1 Å². The fraction of sp³-hybridized carbons (Fsp3) is 0.222. The highest BCUT2D eigenvalue weighted by Gasteiger charge is 2.23. The quantitative estimate of drug-likeness (QED) is 0.566. The van der Waals surface area contributed by atoms with Crippen LogP contribution in [0.1, 0.15) is 6.92 Å². The number of aromatic nitrogens is 2. The third kappa shape index (κ3) is 1.50. The van der Waals surface area contributed by atoms with Gasteiger partial charge in [-0.3, -0.25) is 0 Å². The molecule has 2 aromatic rings. The number of nitrogens with zero attached hydrogens (tertiary/aromatic N) is 3. The molecule has 6 heteroatoms. The number of fused-ring (bicyclic) bond motifs is 1. The maximum Gasteiger partial charge on any atom is 0.392 e. The summed E-state index contributed by atoms with van der Waals surface area (Å²) in [5.74, 6) is -0.0684. The van der Waals surface area contributed by atoms with Crippen molar-refractivity contribution in [3.8, 4) is 5.88 Å². The molecule has 0 amide bonds. The van der Waals surface area contributed by atoms with Crippen LogP contribution in [-0.4, -0.2) is 20.9 Å². The average Bonchev–Trinajstić information content (AvgIpc) is 2.56. The molecule has 2 aromatic heterocycles. The zero-order chi connectivity index (χ0) is 10.8. The number of rotatable bonds is 3. The molecule has 6 nitrogen and oxygen atoms in total. The van der Waals surface area contributed by atoms with Crippen molar-refractivity contribution in [1.29, 1.82) is 0 Å². The van der Waals surface area contributed by atoms with Gasteiger partial charge in [-0.2, -0.15) is 9.38 Å². The average molecular weight is 207 g/mol. The largest absolute Gasteiger partial charge is 0.472 e. The summed E-state index contributed by atoms with van der Waals surface area (Å²) in [6, 6.07) is 5.16. The van der Waals surface area contributed by atoms with Crippen molar-refractivity contribution in [2.75, 3.05) is 6.61 Å². The Bertz CT molecular complexity index is 506. The second-order valence-electron chi connectivity index (χ2n) is 2.86. The molecular formula is C9H9N3O3. The molecule has 0 spiro atoms. The normalized spacial score (nSPS) is 10.5. The summed E-state index contributed by atoms with van der Waals surface area (Å²) >= 11 is 0. The lowest BCUT2D eigenvalue weighted by molar-refractivity contribution is -0.391. The van der Waals surface area contributed by atoms with Gasteiger partial charge in [-0.05, 0) is 17.9 Å². The van der Waals surface area contributed by atoms with E-state index in [1.54, 1.807) is 31.3 Å². The van der Waals surface area contributed by atoms with Gasteiger partial charge in [-0.1, -0.05) is 6.07 Å². The van der Waals surface area contributed by atoms with Gasteiger partial charge in [-0.25, -0.2) is 0 Å². The van der Waals surface area contributed by atoms with Crippen molar-refractivity contribution in [2.24, 2.45) is 0 Å². The van der Waals surface area contributed by atoms with E-state index < -0.39 is 4.92 Å². The van der Waals surface area contributed by atoms with Crippen LogP contribution in [0.15, 0.2) is 24.4 Å². The monoisotopic (exact) mass is 207 g/mol. The van der Waals surface area contributed by atoms with E-state index >= 15 is 0 Å². The van der Waals surface area contributed by atoms with Gasteiger partial charge in [0.1, 0.15) is 0 Å². The molecular weight excluding hydrogens is 198 g/mol. The van der Waals surface area contributed by atoms with Crippen LogP contribution < -0.4 is 4.74 Å². The van der Waals surface area contributed by atoms with E-state index in [4.69, 9.17) is 4.74 Å². The Kier molecular flexibility index (Phi) is 2.24. The summed E-state index contributed by atoms with van der Waals surface area (Å²) in [6.07, 6.45) is 1.59. The van der Waals surface area contributed by atoms with E-state index in [1.165, 1.54) is 4.40 Å². The van der Waals surface area contributed by atoms with E-state index in [2.05, 4.69) is 4.98 Å². The Balaban J connectivity index is 2.69. The van der Waals surface area contributed by atoms with Crippen molar-refractivity contribution < 1.29 is 9.66 Å². The zero-order valence-corrected chi connectivity index (χ0v) is 8.08. The molecule has 0 atom stereocenters. The number of ether oxygens (including phenoxy) is 1. The lowest BCUT2D eigenvalue weighted by atomic mass is 10.5. The highest BCUT2D eigenvalue weighted by molar-refractivity contribution is 5.52. The Labute approximate surface area is 85.3 Å². The SMILES string of the molecule is CCOc1nc2ccccn2c1[N+](=O)[O-]. The van der Waals surface area contributed by atoms with Gasteiger partial charge in [0.2, 0.25) is 5.65 Å². The van der Waals surface area contributed by atoms with Gasteiger partial charge in [0, 0.05) is 6.07 Å². The third-order valence-electron chi connectivity index (χ3n) is 1.93. The number of hydrogen-bond donors (Lipinski definition) is 0. The van der Waals surface area contributed by atoms with Crippen LogP contribution in [0.4, 0.5) is 5.82 Å². The molecule has 2 heterocycles. The van der Waals surface area contributed by atoms with Crippen LogP contribution in [-0.2, 0) is 0 Å². The molecule has 15 heavy (non-hydrogen) atoms. The molecule has 2 rings (SSSR count). The lowest BCUT2D eigenvalue weighted by Crippen LogP contribution is -1.98. The molecule has 0 aromatic carbocycles. The predicted octanol–water partition coefficient (Wildman–Crippen LogP) is 1.64. The van der Waals surface area contributed by atoms with Crippen molar-refractivity contribution >= 4 is 11.5 Å². The van der Waals surface area contributed by atoms with E-state index in [0.29, 0.717) is 12.3 Å². The molecule has 0 unspecified atom stereocenters. The minimum Gasteiger partial charge on any atom is -0.472 e. The summed E-state index contributed by atoms with van der Waals surface area (Å²) in [5, 5.41) is 10.8. The first kappa shape index (κ1) is 9.45. The summed E-state index contributed by atoms with van der Waals surface area (Å²) in [4.78, 5) is 14.4. The van der Waals surface area contributed by atoms with Crippen LogP contribution in [0.25, 0.3) is 5.65 Å². The molecule has 0 aliphatic carbocycles. The van der Waals surface area contributed by atoms with Gasteiger partial charge < -0.3 is 14.9 Å². The van der Waals surface area contributed by atoms with Crippen LogP contribution in [0.3, 0.4) is 0 Å². The molecule has 0 fully saturated rings. The van der Waals surface area contributed by atoms with Gasteiger partial charge >= 0.3 is 11.7 Å². The maximum atomic E-state index is 10.8. The van der Waals surface area contributed by atoms with Gasteiger partial charge in [0.15, 0.2) is 0 Å². The second-order valence-corrected chi connectivity index (χ2v) is 2.86. The summed E-state index contributed by atoms with van der Waals surface area (Å²) in [6.45, 7) is 2.11. The van der Waals surface area contributed by atoms with E-state index in [-0.39, 0.29) is 11.7 Å². The molecule has 0 N–H and O–H groups in total. The van der Waals surface area contributed by atoms with Gasteiger partial charge in [-0.15, -0.1) is 0 Å². The van der Waals surface area contributed by atoms with Gasteiger partial charge in [0.25, 0.3) is 0 Å². The first-order valence-corrected chi connectivity index (χ1v) is 4.48. The highest BCUT2D eigenvalue weighted by Crippen LogP contribution is 2.27. The standard InChI is InChI=1S/C9H9N3O3/c1-2-15-8-9(12(13)14)11-6-4-3-5-7(11)10-8/h3-6H,2H2,1H3. The van der Waals surface area contributed by atoms with Gasteiger partial charge in [0.05, 0.1) is 12.8 Å². The van der Waals surface area contributed by atoms with Crippen molar-refractivity contribution in [3.63, 3.8) is 0 Å². The molecule has 0 saturated carbocycles. The van der Waals surface area contributed by atoms with Crippen molar-refractivity contribution in [2.45, 2.75) is 6.92 Å². The fourth-order valence-electron chi connectivity index (χ4n) is 1.36. The highest BCUT2D eigenvalue weighted by atomic mass is 16.6.